The Bertz CT molecular complexity index is 176. The van der Waals surface area contributed by atoms with Gasteiger partial charge in [0.05, 0.1) is 0 Å². The van der Waals surface area contributed by atoms with Crippen LogP contribution in [0, 0.1) is 0 Å². The second-order valence-electron chi connectivity index (χ2n) is 1.29. The number of nitrogens with one attached hydrogen (secondary N) is 1. The summed E-state index contributed by atoms with van der Waals surface area (Å²) in [5.41, 5.74) is 4.64. The molecule has 0 bridgehead atoms. The Hall–Kier alpha value is -0.941. The molecule has 3 N–H and O–H groups in total. The molecule has 1 fully saturated rings. The number of carbonyl (C=O) groups excluding carboxylic acids is 2. The Labute approximate surface area is 54.5 Å². The summed E-state index contributed by atoms with van der Waals surface area (Å²) in [6.45, 7) is 0. The van der Waals surface area contributed by atoms with E-state index in [1.165, 1.54) is 0 Å². The number of amides is 4. The summed E-state index contributed by atoms with van der Waals surface area (Å²) in [7, 11) is 0. The first-order valence-corrected chi connectivity index (χ1v) is 4.27. The van der Waals surface area contributed by atoms with E-state index < -0.39 is 26.3 Å². The van der Waals surface area contributed by atoms with Gasteiger partial charge in [-0.25, -0.2) is 0 Å². The van der Waals surface area contributed by atoms with Crippen LogP contribution in [0.4, 0.5) is 9.59 Å². The first kappa shape index (κ1) is 6.18. The molecule has 1 rings (SSSR count). The molecule has 4 amide bonds. The van der Waals surface area contributed by atoms with Gasteiger partial charge in [0.2, 0.25) is 0 Å². The van der Waals surface area contributed by atoms with Crippen LogP contribution in [0.15, 0.2) is 0 Å². The van der Waals surface area contributed by atoms with Crippen molar-refractivity contribution in [2.75, 3.05) is 0 Å². The van der Waals surface area contributed by atoms with E-state index >= 15 is 0 Å². The molecule has 1 aliphatic heterocycles. The Morgan fingerprint density at radius 2 is 2.33 bits per heavy atom. The van der Waals surface area contributed by atoms with Gasteiger partial charge >= 0.3 is 53.7 Å². The van der Waals surface area contributed by atoms with Crippen molar-refractivity contribution in [2.24, 2.45) is 5.73 Å². The molecular formula is C2H3N3O3Se. The molecule has 7 heteroatoms. The first-order chi connectivity index (χ1) is 4.13. The van der Waals surface area contributed by atoms with Gasteiger partial charge in [0, 0.05) is 0 Å². The predicted octanol–water partition coefficient (Wildman–Crippen LogP) is -1.49. The number of imide groups is 1. The molecule has 1 aliphatic rings. The number of hydrogen-bond acceptors (Lipinski definition) is 3. The third-order valence-corrected chi connectivity index (χ3v) is 2.88. The van der Waals surface area contributed by atoms with Crippen molar-refractivity contribution >= 4 is 26.3 Å². The van der Waals surface area contributed by atoms with Gasteiger partial charge in [-0.05, 0) is 0 Å². The van der Waals surface area contributed by atoms with Gasteiger partial charge in [-0.3, -0.25) is 0 Å². The van der Waals surface area contributed by atoms with E-state index in [0.717, 1.165) is 0 Å². The zero-order chi connectivity index (χ0) is 7.02. The molecule has 0 aliphatic carbocycles. The quantitative estimate of drug-likeness (QED) is 0.462. The summed E-state index contributed by atoms with van der Waals surface area (Å²) >= 11 is -2.57. The maximum atomic E-state index is 10.4. The van der Waals surface area contributed by atoms with Gasteiger partial charge in [0.25, 0.3) is 0 Å². The number of primary amides is 1. The second-order valence-corrected chi connectivity index (χ2v) is 3.53. The third-order valence-electron chi connectivity index (χ3n) is 0.725. The summed E-state index contributed by atoms with van der Waals surface area (Å²) in [5, 5.41) is 0. The van der Waals surface area contributed by atoms with Crippen LogP contribution in [0.3, 0.4) is 0 Å². The van der Waals surface area contributed by atoms with E-state index in [9.17, 15) is 13.4 Å². The SMILES string of the molecule is NC(=O)N1C(=O)N[Se]1=O. The predicted molar refractivity (Wildman–Crippen MR) is 26.4 cm³/mol. The minimum atomic E-state index is -2.57. The van der Waals surface area contributed by atoms with E-state index in [2.05, 4.69) is 5.73 Å². The topological polar surface area (TPSA) is 92.5 Å². The van der Waals surface area contributed by atoms with E-state index in [1.54, 1.807) is 0 Å². The third kappa shape index (κ3) is 0.797. The van der Waals surface area contributed by atoms with Crippen molar-refractivity contribution in [3.63, 3.8) is 0 Å². The van der Waals surface area contributed by atoms with Gasteiger partial charge in [0.15, 0.2) is 0 Å². The fourth-order valence-corrected chi connectivity index (χ4v) is 1.55. The maximum absolute atomic E-state index is 10.4. The summed E-state index contributed by atoms with van der Waals surface area (Å²) in [5.74, 6) is 0. The molecule has 1 saturated heterocycles. The number of nitrogens with two attached hydrogens (primary N) is 1. The Balaban J connectivity index is 2.70. The van der Waals surface area contributed by atoms with Crippen LogP contribution >= 0.6 is 0 Å². The van der Waals surface area contributed by atoms with Crippen molar-refractivity contribution in [1.82, 2.24) is 8.25 Å². The van der Waals surface area contributed by atoms with Gasteiger partial charge in [-0.2, -0.15) is 0 Å². The molecule has 1 unspecified atom stereocenters. The monoisotopic (exact) mass is 197 g/mol. The molecule has 0 radical (unpaired) electrons. The van der Waals surface area contributed by atoms with Crippen molar-refractivity contribution in [3.05, 3.63) is 0 Å². The summed E-state index contributed by atoms with van der Waals surface area (Å²) in [6, 6.07) is -1.64. The van der Waals surface area contributed by atoms with E-state index in [1.807, 2.05) is 4.33 Å². The van der Waals surface area contributed by atoms with Crippen LogP contribution in [0.25, 0.3) is 0 Å². The van der Waals surface area contributed by atoms with Crippen molar-refractivity contribution < 1.29 is 13.4 Å². The van der Waals surface area contributed by atoms with Crippen molar-refractivity contribution in [2.45, 2.75) is 0 Å². The van der Waals surface area contributed by atoms with Gasteiger partial charge in [0.1, 0.15) is 0 Å². The normalized spacial score (nSPS) is 24.7. The van der Waals surface area contributed by atoms with Gasteiger partial charge < -0.3 is 0 Å². The molecule has 0 spiro atoms. The zero-order valence-corrected chi connectivity index (χ0v) is 5.87. The Kier molecular flexibility index (Phi) is 1.22. The van der Waals surface area contributed by atoms with E-state index in [-0.39, 0.29) is 0 Å². The minimum absolute atomic E-state index is 0.514. The standard InChI is InChI=1S/C2H3N3O3Se/c3-1(6)5-2(7)4-9(5)8/h(H2,3,6)(H,4,7). The number of nitrogens with zero attached hydrogens (tertiary/aromatic N) is 1. The van der Waals surface area contributed by atoms with Crippen LogP contribution in [-0.4, -0.2) is 30.2 Å². The molecule has 0 saturated carbocycles. The average molecular weight is 196 g/mol. The fraction of sp³-hybridized carbons (Fsp3) is 0. The molecule has 9 heavy (non-hydrogen) atoms. The van der Waals surface area contributed by atoms with Crippen LogP contribution in [-0.2, 0) is 3.83 Å². The molecule has 6 nitrogen and oxygen atoms in total. The van der Waals surface area contributed by atoms with E-state index in [0.29, 0.717) is 3.92 Å². The molecule has 1 atom stereocenters. The van der Waals surface area contributed by atoms with Gasteiger partial charge in [-0.15, -0.1) is 0 Å². The summed E-state index contributed by atoms with van der Waals surface area (Å²) in [6.07, 6.45) is 0. The Morgan fingerprint density at radius 1 is 1.78 bits per heavy atom. The number of rotatable bonds is 0. The number of carbonyl (C=O) groups is 2. The van der Waals surface area contributed by atoms with Gasteiger partial charge in [-0.1, -0.05) is 0 Å². The van der Waals surface area contributed by atoms with Crippen LogP contribution in [0.1, 0.15) is 0 Å². The molecular weight excluding hydrogens is 193 g/mol. The second kappa shape index (κ2) is 1.78. The molecule has 1 heterocycles. The van der Waals surface area contributed by atoms with Crippen LogP contribution < -0.4 is 10.1 Å². The average Bonchev–Trinajstić information content (AvgIpc) is 1.62. The number of hydrogen-bond donors (Lipinski definition) is 2. The van der Waals surface area contributed by atoms with E-state index in [4.69, 9.17) is 0 Å². The van der Waals surface area contributed by atoms with Crippen molar-refractivity contribution in [3.8, 4) is 0 Å². The molecule has 0 aromatic heterocycles. The Morgan fingerprint density at radius 3 is 2.44 bits per heavy atom. The van der Waals surface area contributed by atoms with Crippen LogP contribution in [0.2, 0.25) is 0 Å². The molecule has 0 aromatic carbocycles. The summed E-state index contributed by atoms with van der Waals surface area (Å²) < 4.78 is 12.9. The summed E-state index contributed by atoms with van der Waals surface area (Å²) in [4.78, 5) is 20.3. The first-order valence-electron chi connectivity index (χ1n) is 1.95. The molecule has 0 aromatic rings. The van der Waals surface area contributed by atoms with Crippen LogP contribution in [0.5, 0.6) is 0 Å². The molecule has 50 valence electrons. The zero-order valence-electron chi connectivity index (χ0n) is 4.16. The number of urea groups is 2. The van der Waals surface area contributed by atoms with Crippen molar-refractivity contribution in [1.29, 1.82) is 0 Å². The fourth-order valence-electron chi connectivity index (χ4n) is 0.380.